The van der Waals surface area contributed by atoms with Gasteiger partial charge in [-0.25, -0.2) is 9.97 Å². The van der Waals surface area contributed by atoms with Gasteiger partial charge in [0.25, 0.3) is 0 Å². The zero-order chi connectivity index (χ0) is 34.9. The largest absolute Gasteiger partial charge is 0.337 e. The lowest BCUT2D eigenvalue weighted by molar-refractivity contribution is 0.702. The molecular weight excluding hydrogens is 645 g/mol. The Labute approximate surface area is 310 Å². The van der Waals surface area contributed by atoms with E-state index in [1.54, 1.807) is 0 Å². The minimum Gasteiger partial charge on any atom is -0.337 e. The van der Waals surface area contributed by atoms with Crippen LogP contribution in [0, 0.1) is 0 Å². The van der Waals surface area contributed by atoms with Gasteiger partial charge < -0.3 is 4.90 Å². The normalized spacial score (nSPS) is 20.5. The van der Waals surface area contributed by atoms with Crippen LogP contribution in [0.3, 0.4) is 0 Å². The van der Waals surface area contributed by atoms with E-state index >= 15 is 0 Å². The van der Waals surface area contributed by atoms with Gasteiger partial charge in [-0.3, -0.25) is 4.57 Å². The molecule has 254 valence electrons. The van der Waals surface area contributed by atoms with Gasteiger partial charge in [-0.2, -0.15) is 0 Å². The first kappa shape index (κ1) is 30.4. The van der Waals surface area contributed by atoms with Crippen molar-refractivity contribution >= 4 is 51.5 Å². The van der Waals surface area contributed by atoms with Crippen molar-refractivity contribution in [1.82, 2.24) is 14.5 Å². The van der Waals surface area contributed by atoms with Crippen molar-refractivity contribution in [3.63, 3.8) is 0 Å². The van der Waals surface area contributed by atoms with Gasteiger partial charge in [0, 0.05) is 45.6 Å². The van der Waals surface area contributed by atoms with Crippen LogP contribution >= 0.6 is 0 Å². The second-order valence-corrected chi connectivity index (χ2v) is 14.8. The van der Waals surface area contributed by atoms with Crippen molar-refractivity contribution in [2.45, 2.75) is 50.5 Å². The number of benzene rings is 3. The van der Waals surface area contributed by atoms with Crippen LogP contribution in [0.2, 0.25) is 0 Å². The molecule has 11 rings (SSSR count). The zero-order valence-corrected chi connectivity index (χ0v) is 29.5. The molecule has 0 radical (unpaired) electrons. The van der Waals surface area contributed by atoms with E-state index in [4.69, 9.17) is 9.97 Å². The number of hydrogen-bond donors (Lipinski definition) is 0. The Morgan fingerprint density at radius 1 is 0.717 bits per heavy atom. The van der Waals surface area contributed by atoms with Gasteiger partial charge >= 0.3 is 0 Å². The minimum atomic E-state index is 0.290. The van der Waals surface area contributed by atoms with Crippen molar-refractivity contribution in [2.24, 2.45) is 0 Å². The Morgan fingerprint density at radius 3 is 2.53 bits per heavy atom. The van der Waals surface area contributed by atoms with Crippen LogP contribution in [-0.4, -0.2) is 20.6 Å². The fourth-order valence-electron chi connectivity index (χ4n) is 9.31. The molecule has 0 saturated heterocycles. The van der Waals surface area contributed by atoms with E-state index in [-0.39, 0.29) is 0 Å². The van der Waals surface area contributed by atoms with Crippen LogP contribution in [-0.2, 0) is 6.42 Å². The second kappa shape index (κ2) is 12.2. The average molecular weight is 683 g/mol. The smallest absolute Gasteiger partial charge is 0.235 e. The van der Waals surface area contributed by atoms with Crippen molar-refractivity contribution in [1.29, 1.82) is 0 Å². The summed E-state index contributed by atoms with van der Waals surface area (Å²) in [5.41, 5.74) is 20.7. The Morgan fingerprint density at radius 2 is 1.60 bits per heavy atom. The second-order valence-electron chi connectivity index (χ2n) is 14.8. The lowest BCUT2D eigenvalue weighted by Crippen LogP contribution is -2.32. The molecule has 4 heteroatoms. The molecule has 2 unspecified atom stereocenters. The number of nitrogens with zero attached hydrogens (tertiary/aromatic N) is 4. The fourth-order valence-corrected chi connectivity index (χ4v) is 9.31. The van der Waals surface area contributed by atoms with Crippen LogP contribution in [0.4, 0.5) is 5.69 Å². The van der Waals surface area contributed by atoms with Crippen molar-refractivity contribution in [2.75, 3.05) is 4.90 Å². The Hall–Kier alpha value is -6.22. The zero-order valence-electron chi connectivity index (χ0n) is 29.5. The van der Waals surface area contributed by atoms with Crippen LogP contribution < -0.4 is 4.90 Å². The van der Waals surface area contributed by atoms with Gasteiger partial charge in [0.2, 0.25) is 5.95 Å². The molecule has 0 bridgehead atoms. The minimum absolute atomic E-state index is 0.290. The molecule has 2 aromatic heterocycles. The molecule has 53 heavy (non-hydrogen) atoms. The molecule has 0 saturated carbocycles. The van der Waals surface area contributed by atoms with Gasteiger partial charge in [-0.15, -0.1) is 5.73 Å². The first-order chi connectivity index (χ1) is 26.3. The fraction of sp³-hybridized carbons (Fsp3) is 0.163. The lowest BCUT2D eigenvalue weighted by Gasteiger charge is -2.32. The van der Waals surface area contributed by atoms with E-state index in [0.717, 1.165) is 66.9 Å². The highest BCUT2D eigenvalue weighted by Crippen LogP contribution is 2.49. The molecule has 5 aliphatic carbocycles. The van der Waals surface area contributed by atoms with Crippen molar-refractivity contribution in [3.05, 3.63) is 184 Å². The number of aromatic nitrogens is 3. The molecular formula is C49H38N4. The quantitative estimate of drug-likeness (QED) is 0.170. The van der Waals surface area contributed by atoms with E-state index in [9.17, 15) is 0 Å². The molecule has 4 nitrogen and oxygen atoms in total. The first-order valence-electron chi connectivity index (χ1n) is 19.1. The summed E-state index contributed by atoms with van der Waals surface area (Å²) in [6.07, 6.45) is 33.4. The highest BCUT2D eigenvalue weighted by atomic mass is 15.2. The number of allylic oxidation sites excluding steroid dienone is 11. The highest BCUT2D eigenvalue weighted by Gasteiger charge is 2.39. The SMILES string of the molecule is C1=Cc2nc(-n3c4c(c5ccccc53)C=C(c3ccc5c(c3)C3C=CC=CC3N5C3=CC(c5ccccc5)=CCC3)CC4)nc(C3=CCCC=C3)c2C=1. The molecule has 0 amide bonds. The molecule has 3 aromatic carbocycles. The van der Waals surface area contributed by atoms with Crippen LogP contribution in [0.5, 0.6) is 0 Å². The Bertz CT molecular complexity index is 2660. The van der Waals surface area contributed by atoms with E-state index in [1.807, 2.05) is 12.2 Å². The molecule has 2 atom stereocenters. The van der Waals surface area contributed by atoms with Crippen LogP contribution in [0.1, 0.15) is 82.9 Å². The van der Waals surface area contributed by atoms with Gasteiger partial charge in [0.05, 0.1) is 22.9 Å². The summed E-state index contributed by atoms with van der Waals surface area (Å²) in [5.74, 6) is 1.07. The maximum Gasteiger partial charge on any atom is 0.235 e. The van der Waals surface area contributed by atoms with E-state index < -0.39 is 0 Å². The number of anilines is 1. The Balaban J connectivity index is 0.997. The summed E-state index contributed by atoms with van der Waals surface area (Å²) < 4.78 is 2.32. The molecule has 0 N–H and O–H groups in total. The topological polar surface area (TPSA) is 34.0 Å². The van der Waals surface area contributed by atoms with Crippen molar-refractivity contribution in [3.8, 4) is 5.95 Å². The van der Waals surface area contributed by atoms with E-state index in [0.29, 0.717) is 12.0 Å². The molecule has 0 spiro atoms. The van der Waals surface area contributed by atoms with Gasteiger partial charge in [0.15, 0.2) is 0 Å². The molecule has 1 aliphatic heterocycles. The monoisotopic (exact) mass is 682 g/mol. The third-order valence-corrected chi connectivity index (χ3v) is 11.8. The molecule has 3 heterocycles. The van der Waals surface area contributed by atoms with E-state index in [2.05, 4.69) is 149 Å². The summed E-state index contributed by atoms with van der Waals surface area (Å²) in [6.45, 7) is 0. The number of para-hydroxylation sites is 1. The van der Waals surface area contributed by atoms with E-state index in [1.165, 1.54) is 61.4 Å². The van der Waals surface area contributed by atoms with Gasteiger partial charge in [-0.05, 0) is 108 Å². The third kappa shape index (κ3) is 4.90. The molecule has 6 aliphatic rings. The third-order valence-electron chi connectivity index (χ3n) is 11.8. The lowest BCUT2D eigenvalue weighted by atomic mass is 9.87. The maximum absolute atomic E-state index is 5.29. The standard InChI is InChI=1S/C49H38N4/c1-3-13-32(14-4-1)34-17-11-18-37(29-34)52-44-23-9-7-19-38(44)41-30-35(25-27-46(41)52)36-26-28-47-42(31-36)39-20-8-10-24-45(39)53(47)49-50-43-22-12-21-40(43)48(51-49)33-15-5-2-6-16-33/h1,3-5,7-10,13-17,19-25,27,29-31,38,44H,2,6,11,18,26,28H2. The summed E-state index contributed by atoms with van der Waals surface area (Å²) in [7, 11) is 0. The highest BCUT2D eigenvalue weighted by molar-refractivity contribution is 5.99. The molecule has 5 aromatic rings. The summed E-state index contributed by atoms with van der Waals surface area (Å²) in [5, 5.41) is 1.25. The van der Waals surface area contributed by atoms with Crippen LogP contribution in [0.25, 0.3) is 51.8 Å². The van der Waals surface area contributed by atoms with Crippen LogP contribution in [0.15, 0.2) is 139 Å². The summed E-state index contributed by atoms with van der Waals surface area (Å²) >= 11 is 0. The number of hydrogen-bond acceptors (Lipinski definition) is 3. The molecule has 0 fully saturated rings. The van der Waals surface area contributed by atoms with Crippen molar-refractivity contribution < 1.29 is 0 Å². The predicted octanol–water partition coefficient (Wildman–Crippen LogP) is 11.4. The average Bonchev–Trinajstić information content (AvgIpc) is 3.93. The summed E-state index contributed by atoms with van der Waals surface area (Å²) in [6, 6.07) is 27.1. The number of fused-ring (bicyclic) bond motifs is 7. The van der Waals surface area contributed by atoms with Gasteiger partial charge in [-0.1, -0.05) is 103 Å². The maximum atomic E-state index is 5.29. The summed E-state index contributed by atoms with van der Waals surface area (Å²) in [4.78, 5) is 13.0. The first-order valence-corrected chi connectivity index (χ1v) is 19.1. The van der Waals surface area contributed by atoms with Gasteiger partial charge in [0.1, 0.15) is 0 Å². The number of rotatable bonds is 5. The predicted molar refractivity (Wildman–Crippen MR) is 219 cm³/mol. The Kier molecular flexibility index (Phi) is 6.99.